The molecule has 1 fully saturated rings. The highest BCUT2D eigenvalue weighted by Gasteiger charge is 2.23. The number of methoxy groups -OCH3 is 1. The van der Waals surface area contributed by atoms with Gasteiger partial charge in [-0.3, -0.25) is 14.0 Å². The summed E-state index contributed by atoms with van der Waals surface area (Å²) in [6, 6.07) is 5.24. The predicted octanol–water partition coefficient (Wildman–Crippen LogP) is 4.38. The van der Waals surface area contributed by atoms with E-state index in [-0.39, 0.29) is 17.6 Å². The van der Waals surface area contributed by atoms with E-state index in [4.69, 9.17) is 9.47 Å². The Hall–Kier alpha value is -2.74. The highest BCUT2D eigenvalue weighted by molar-refractivity contribution is 7.84. The molecule has 4 rings (SSSR count). The number of esters is 1. The zero-order chi connectivity index (χ0) is 22.0. The summed E-state index contributed by atoms with van der Waals surface area (Å²) < 4.78 is 24.0. The van der Waals surface area contributed by atoms with Crippen LogP contribution in [0, 0.1) is 19.8 Å². The maximum atomic E-state index is 12.9. The molecule has 1 aliphatic rings. The van der Waals surface area contributed by atoms with E-state index in [0.717, 1.165) is 42.6 Å². The molecule has 1 atom stereocenters. The van der Waals surface area contributed by atoms with Gasteiger partial charge in [-0.2, -0.15) is 0 Å². The van der Waals surface area contributed by atoms with E-state index in [0.29, 0.717) is 27.6 Å². The summed E-state index contributed by atoms with van der Waals surface area (Å²) in [5.74, 6) is 1.28. The maximum absolute atomic E-state index is 12.9. The van der Waals surface area contributed by atoms with Gasteiger partial charge in [0.15, 0.2) is 5.16 Å². The summed E-state index contributed by atoms with van der Waals surface area (Å²) >= 11 is 0. The molecule has 1 saturated carbocycles. The van der Waals surface area contributed by atoms with Crippen LogP contribution in [-0.2, 0) is 21.3 Å². The number of imidazole rings is 1. The second kappa shape index (κ2) is 9.18. The Bertz CT molecular complexity index is 1140. The van der Waals surface area contributed by atoms with Gasteiger partial charge in [-0.1, -0.05) is 19.3 Å². The fraction of sp³-hybridized carbons (Fsp3) is 0.435. The van der Waals surface area contributed by atoms with E-state index in [1.807, 2.05) is 13.8 Å². The van der Waals surface area contributed by atoms with Crippen LogP contribution in [0.15, 0.2) is 29.6 Å². The number of carbonyl (C=O) groups is 1. The van der Waals surface area contributed by atoms with Gasteiger partial charge in [0.2, 0.25) is 0 Å². The van der Waals surface area contributed by atoms with Gasteiger partial charge < -0.3 is 14.5 Å². The van der Waals surface area contributed by atoms with Gasteiger partial charge in [-0.25, -0.2) is 4.98 Å². The number of aromatic amines is 1. The van der Waals surface area contributed by atoms with Crippen LogP contribution in [-0.4, -0.2) is 32.2 Å². The van der Waals surface area contributed by atoms with E-state index < -0.39 is 10.8 Å². The second-order valence-electron chi connectivity index (χ2n) is 8.01. The number of fused-ring (bicyclic) bond motifs is 1. The van der Waals surface area contributed by atoms with Crippen molar-refractivity contribution in [2.24, 2.45) is 5.92 Å². The molecule has 31 heavy (non-hydrogen) atoms. The van der Waals surface area contributed by atoms with E-state index in [1.165, 1.54) is 6.42 Å². The van der Waals surface area contributed by atoms with Crippen molar-refractivity contribution in [3.63, 3.8) is 0 Å². The lowest BCUT2D eigenvalue weighted by molar-refractivity contribution is -0.139. The first kappa shape index (κ1) is 21.5. The van der Waals surface area contributed by atoms with Crippen LogP contribution < -0.4 is 9.47 Å². The Morgan fingerprint density at radius 1 is 1.23 bits per heavy atom. The molecule has 0 radical (unpaired) electrons. The standard InChI is InChI=1S/C23H27N3O4S/c1-14-12-24-20(15(2)21(14)29-3)13-31(28)23-25-18-10-9-17(11-19(18)26-23)30-22(27)16-7-5-4-6-8-16/h9-12,16H,4-8,13H2,1-3H3,(H,25,26). The Kier molecular flexibility index (Phi) is 6.36. The molecule has 0 saturated heterocycles. The molecule has 2 aromatic heterocycles. The topological polar surface area (TPSA) is 94.2 Å². The number of benzene rings is 1. The minimum Gasteiger partial charge on any atom is -0.496 e. The Morgan fingerprint density at radius 3 is 2.74 bits per heavy atom. The van der Waals surface area contributed by atoms with Gasteiger partial charge in [0.05, 0.1) is 46.3 Å². The Morgan fingerprint density at radius 2 is 2.00 bits per heavy atom. The molecule has 164 valence electrons. The summed E-state index contributed by atoms with van der Waals surface area (Å²) in [4.78, 5) is 24.4. The fourth-order valence-electron chi connectivity index (χ4n) is 4.08. The van der Waals surface area contributed by atoms with E-state index >= 15 is 0 Å². The number of carbonyl (C=O) groups excluding carboxylic acids is 1. The van der Waals surface area contributed by atoms with Crippen molar-refractivity contribution in [1.82, 2.24) is 15.0 Å². The van der Waals surface area contributed by atoms with Gasteiger partial charge in [0, 0.05) is 23.4 Å². The third kappa shape index (κ3) is 4.63. The largest absolute Gasteiger partial charge is 0.496 e. The first-order chi connectivity index (χ1) is 15.0. The lowest BCUT2D eigenvalue weighted by atomic mass is 9.89. The summed E-state index contributed by atoms with van der Waals surface area (Å²) in [6.07, 6.45) is 6.86. The van der Waals surface area contributed by atoms with Crippen molar-refractivity contribution in [1.29, 1.82) is 0 Å². The molecule has 2 heterocycles. The molecule has 0 aliphatic heterocycles. The van der Waals surface area contributed by atoms with Gasteiger partial charge in [0.1, 0.15) is 11.5 Å². The number of aromatic nitrogens is 3. The zero-order valence-electron chi connectivity index (χ0n) is 18.1. The second-order valence-corrected chi connectivity index (χ2v) is 9.38. The molecule has 1 unspecified atom stereocenters. The van der Waals surface area contributed by atoms with Gasteiger partial charge >= 0.3 is 5.97 Å². The number of pyridine rings is 1. The lowest BCUT2D eigenvalue weighted by Gasteiger charge is -2.19. The highest BCUT2D eigenvalue weighted by atomic mass is 32.2. The number of rotatable bonds is 6. The fourth-order valence-corrected chi connectivity index (χ4v) is 5.18. The van der Waals surface area contributed by atoms with Crippen molar-refractivity contribution in [3.05, 3.63) is 41.2 Å². The van der Waals surface area contributed by atoms with E-state index in [9.17, 15) is 9.00 Å². The van der Waals surface area contributed by atoms with Crippen molar-refractivity contribution in [2.75, 3.05) is 7.11 Å². The smallest absolute Gasteiger partial charge is 0.314 e. The number of nitrogens with one attached hydrogen (secondary N) is 1. The predicted molar refractivity (Wildman–Crippen MR) is 119 cm³/mol. The van der Waals surface area contributed by atoms with Crippen molar-refractivity contribution in [3.8, 4) is 11.5 Å². The van der Waals surface area contributed by atoms with E-state index in [2.05, 4.69) is 15.0 Å². The summed E-state index contributed by atoms with van der Waals surface area (Å²) in [7, 11) is 0.211. The van der Waals surface area contributed by atoms with Crippen LogP contribution in [0.2, 0.25) is 0 Å². The third-order valence-corrected chi connectivity index (χ3v) is 6.98. The van der Waals surface area contributed by atoms with Crippen LogP contribution in [0.4, 0.5) is 0 Å². The van der Waals surface area contributed by atoms with Gasteiger partial charge in [-0.15, -0.1) is 0 Å². The minimum absolute atomic E-state index is 0.0171. The highest BCUT2D eigenvalue weighted by Crippen LogP contribution is 2.28. The Balaban J connectivity index is 1.50. The number of hydrogen-bond donors (Lipinski definition) is 1. The van der Waals surface area contributed by atoms with Gasteiger partial charge in [0.25, 0.3) is 0 Å². The first-order valence-corrected chi connectivity index (χ1v) is 11.9. The van der Waals surface area contributed by atoms with Crippen LogP contribution in [0.25, 0.3) is 11.0 Å². The lowest BCUT2D eigenvalue weighted by Crippen LogP contribution is -2.22. The quantitative estimate of drug-likeness (QED) is 0.451. The minimum atomic E-state index is -1.41. The van der Waals surface area contributed by atoms with Gasteiger partial charge in [-0.05, 0) is 38.8 Å². The number of H-pyrrole nitrogens is 1. The number of hydrogen-bond acceptors (Lipinski definition) is 6. The summed E-state index contributed by atoms with van der Waals surface area (Å²) in [5.41, 5.74) is 3.89. The molecule has 1 aromatic carbocycles. The zero-order valence-corrected chi connectivity index (χ0v) is 18.9. The molecule has 3 aromatic rings. The maximum Gasteiger partial charge on any atom is 0.314 e. The van der Waals surface area contributed by atoms with Crippen LogP contribution >= 0.6 is 0 Å². The molecule has 0 spiro atoms. The van der Waals surface area contributed by atoms with Crippen LogP contribution in [0.1, 0.15) is 48.9 Å². The number of nitrogens with zero attached hydrogens (tertiary/aromatic N) is 2. The molecular weight excluding hydrogens is 414 g/mol. The average Bonchev–Trinajstić information content (AvgIpc) is 3.20. The molecule has 0 bridgehead atoms. The van der Waals surface area contributed by atoms with Crippen molar-refractivity contribution in [2.45, 2.75) is 56.9 Å². The average molecular weight is 442 g/mol. The number of aryl methyl sites for hydroxylation is 1. The summed E-state index contributed by atoms with van der Waals surface area (Å²) in [5, 5.41) is 0.367. The first-order valence-electron chi connectivity index (χ1n) is 10.5. The normalized spacial score (nSPS) is 15.7. The number of ether oxygens (including phenoxy) is 2. The summed E-state index contributed by atoms with van der Waals surface area (Å²) in [6.45, 7) is 3.84. The molecular formula is C23H27N3O4S. The molecule has 1 N–H and O–H groups in total. The Labute approximate surface area is 184 Å². The molecule has 7 nitrogen and oxygen atoms in total. The molecule has 1 aliphatic carbocycles. The van der Waals surface area contributed by atoms with Crippen LogP contribution in [0.3, 0.4) is 0 Å². The van der Waals surface area contributed by atoms with E-state index in [1.54, 1.807) is 31.5 Å². The van der Waals surface area contributed by atoms with Crippen LogP contribution in [0.5, 0.6) is 11.5 Å². The van der Waals surface area contributed by atoms with Crippen molar-refractivity contribution >= 4 is 27.8 Å². The molecule has 8 heteroatoms. The third-order valence-electron chi connectivity index (χ3n) is 5.82. The SMILES string of the molecule is COc1c(C)cnc(CS(=O)c2nc3ccc(OC(=O)C4CCCCC4)cc3[nH]2)c1C. The van der Waals surface area contributed by atoms with Crippen molar-refractivity contribution < 1.29 is 18.5 Å². The molecule has 0 amide bonds. The monoisotopic (exact) mass is 441 g/mol.